The van der Waals surface area contributed by atoms with Crippen LogP contribution in [0.3, 0.4) is 0 Å². The summed E-state index contributed by atoms with van der Waals surface area (Å²) < 4.78 is 40.3. The highest BCUT2D eigenvalue weighted by atomic mass is 32.2. The van der Waals surface area contributed by atoms with E-state index in [1.807, 2.05) is 19.1 Å². The van der Waals surface area contributed by atoms with Gasteiger partial charge in [-0.2, -0.15) is 0 Å². The van der Waals surface area contributed by atoms with E-state index in [1.54, 1.807) is 26.0 Å². The smallest absolute Gasteiger partial charge is 0.207 e. The summed E-state index contributed by atoms with van der Waals surface area (Å²) >= 11 is 0. The quantitative estimate of drug-likeness (QED) is 0.942. The second-order valence-corrected chi connectivity index (χ2v) is 6.88. The monoisotopic (exact) mass is 307 g/mol. The van der Waals surface area contributed by atoms with E-state index in [1.165, 1.54) is 12.1 Å². The topological polar surface area (TPSA) is 46.2 Å². The Labute approximate surface area is 124 Å². The van der Waals surface area contributed by atoms with Gasteiger partial charge in [-0.25, -0.2) is 17.5 Å². The number of rotatable bonds is 4. The largest absolute Gasteiger partial charge is 0.241 e. The van der Waals surface area contributed by atoms with Crippen molar-refractivity contribution in [1.82, 2.24) is 4.72 Å². The number of benzene rings is 2. The van der Waals surface area contributed by atoms with Crippen LogP contribution >= 0.6 is 0 Å². The van der Waals surface area contributed by atoms with Crippen molar-refractivity contribution in [3.63, 3.8) is 0 Å². The maximum atomic E-state index is 12.8. The number of sulfonamides is 1. The Kier molecular flexibility index (Phi) is 4.44. The molecule has 0 atom stereocenters. The van der Waals surface area contributed by atoms with Gasteiger partial charge in [-0.3, -0.25) is 0 Å². The molecule has 2 rings (SSSR count). The minimum Gasteiger partial charge on any atom is -0.207 e. The average molecular weight is 307 g/mol. The van der Waals surface area contributed by atoms with Crippen molar-refractivity contribution in [3.8, 4) is 0 Å². The predicted octanol–water partition coefficient (Wildman–Crippen LogP) is 3.23. The first kappa shape index (κ1) is 15.7. The molecule has 0 bridgehead atoms. The lowest BCUT2D eigenvalue weighted by Crippen LogP contribution is -2.25. The van der Waals surface area contributed by atoms with Crippen molar-refractivity contribution in [2.24, 2.45) is 0 Å². The highest BCUT2D eigenvalue weighted by molar-refractivity contribution is 7.89. The zero-order valence-electron chi connectivity index (χ0n) is 12.3. The Hall–Kier alpha value is -1.72. The van der Waals surface area contributed by atoms with E-state index >= 15 is 0 Å². The summed E-state index contributed by atoms with van der Waals surface area (Å²) in [6.07, 6.45) is 0. The van der Waals surface area contributed by atoms with Gasteiger partial charge in [0, 0.05) is 6.54 Å². The standard InChI is InChI=1S/C16H18FNO2S/c1-11-8-12(2)16(13(3)9-11)21(19,20)18-10-14-4-6-15(17)7-5-14/h4-9,18H,10H2,1-3H3. The minimum atomic E-state index is -3.59. The molecule has 0 amide bonds. The van der Waals surface area contributed by atoms with Gasteiger partial charge in [-0.05, 0) is 49.6 Å². The van der Waals surface area contributed by atoms with Crippen LogP contribution in [0.5, 0.6) is 0 Å². The number of hydrogen-bond acceptors (Lipinski definition) is 2. The molecule has 0 heterocycles. The molecule has 0 aliphatic rings. The maximum Gasteiger partial charge on any atom is 0.241 e. The van der Waals surface area contributed by atoms with E-state index in [9.17, 15) is 12.8 Å². The van der Waals surface area contributed by atoms with E-state index in [0.29, 0.717) is 10.5 Å². The van der Waals surface area contributed by atoms with Gasteiger partial charge in [0.05, 0.1) is 4.90 Å². The molecule has 5 heteroatoms. The fourth-order valence-corrected chi connectivity index (χ4v) is 3.91. The van der Waals surface area contributed by atoms with Crippen molar-refractivity contribution in [1.29, 1.82) is 0 Å². The van der Waals surface area contributed by atoms with E-state index in [4.69, 9.17) is 0 Å². The van der Waals surface area contributed by atoms with Gasteiger partial charge < -0.3 is 0 Å². The van der Waals surface area contributed by atoms with Gasteiger partial charge in [0.25, 0.3) is 0 Å². The van der Waals surface area contributed by atoms with Crippen LogP contribution in [0, 0.1) is 26.6 Å². The van der Waals surface area contributed by atoms with Crippen LogP contribution < -0.4 is 4.72 Å². The third-order valence-corrected chi connectivity index (χ3v) is 4.96. The third-order valence-electron chi connectivity index (χ3n) is 3.25. The van der Waals surface area contributed by atoms with Crippen LogP contribution in [0.25, 0.3) is 0 Å². The summed E-state index contributed by atoms with van der Waals surface area (Å²) in [7, 11) is -3.59. The molecule has 0 unspecified atom stereocenters. The molecule has 1 N–H and O–H groups in total. The molecular formula is C16H18FNO2S. The highest BCUT2D eigenvalue weighted by Crippen LogP contribution is 2.21. The molecule has 0 fully saturated rings. The molecule has 0 radical (unpaired) electrons. The van der Waals surface area contributed by atoms with Crippen molar-refractivity contribution < 1.29 is 12.8 Å². The molecule has 0 aromatic heterocycles. The lowest BCUT2D eigenvalue weighted by Gasteiger charge is -2.13. The van der Waals surface area contributed by atoms with Crippen molar-refractivity contribution in [2.75, 3.05) is 0 Å². The summed E-state index contributed by atoms with van der Waals surface area (Å²) in [5.74, 6) is -0.341. The summed E-state index contributed by atoms with van der Waals surface area (Å²) in [4.78, 5) is 0.315. The molecule has 0 saturated heterocycles. The normalized spacial score (nSPS) is 11.6. The van der Waals surface area contributed by atoms with E-state index in [0.717, 1.165) is 16.7 Å². The van der Waals surface area contributed by atoms with Gasteiger partial charge in [-0.1, -0.05) is 29.8 Å². The van der Waals surface area contributed by atoms with Gasteiger partial charge in [0.1, 0.15) is 5.82 Å². The van der Waals surface area contributed by atoms with Gasteiger partial charge in [0.15, 0.2) is 0 Å². The SMILES string of the molecule is Cc1cc(C)c(S(=O)(=O)NCc2ccc(F)cc2)c(C)c1. The number of aryl methyl sites for hydroxylation is 3. The molecule has 0 aliphatic carbocycles. The number of hydrogen-bond donors (Lipinski definition) is 1. The zero-order chi connectivity index (χ0) is 15.6. The summed E-state index contributed by atoms with van der Waals surface area (Å²) in [6.45, 7) is 5.64. The number of halogens is 1. The van der Waals surface area contributed by atoms with Crippen LogP contribution in [-0.2, 0) is 16.6 Å². The first-order chi connectivity index (χ1) is 9.79. The van der Waals surface area contributed by atoms with E-state index < -0.39 is 10.0 Å². The van der Waals surface area contributed by atoms with E-state index in [2.05, 4.69) is 4.72 Å². The molecule has 2 aromatic carbocycles. The summed E-state index contributed by atoms with van der Waals surface area (Å²) in [6, 6.07) is 9.44. The Bertz CT molecular complexity index is 729. The molecule has 0 saturated carbocycles. The average Bonchev–Trinajstić information content (AvgIpc) is 2.36. The zero-order valence-corrected chi connectivity index (χ0v) is 13.1. The number of nitrogens with one attached hydrogen (secondary N) is 1. The lowest BCUT2D eigenvalue weighted by atomic mass is 10.1. The molecule has 0 aliphatic heterocycles. The Morgan fingerprint density at radius 2 is 1.52 bits per heavy atom. The van der Waals surface area contributed by atoms with Crippen LogP contribution in [-0.4, -0.2) is 8.42 Å². The van der Waals surface area contributed by atoms with Crippen molar-refractivity contribution in [3.05, 3.63) is 64.5 Å². The Morgan fingerprint density at radius 1 is 1.00 bits per heavy atom. The lowest BCUT2D eigenvalue weighted by molar-refractivity contribution is 0.580. The fraction of sp³-hybridized carbons (Fsp3) is 0.250. The second-order valence-electron chi connectivity index (χ2n) is 5.18. The molecule has 3 nitrogen and oxygen atoms in total. The van der Waals surface area contributed by atoms with Crippen molar-refractivity contribution >= 4 is 10.0 Å². The fourth-order valence-electron chi connectivity index (χ4n) is 2.44. The van der Waals surface area contributed by atoms with Crippen LogP contribution in [0.4, 0.5) is 4.39 Å². The Balaban J connectivity index is 2.25. The van der Waals surface area contributed by atoms with Gasteiger partial charge in [-0.15, -0.1) is 0 Å². The van der Waals surface area contributed by atoms with Crippen molar-refractivity contribution in [2.45, 2.75) is 32.2 Å². The molecular weight excluding hydrogens is 289 g/mol. The molecule has 112 valence electrons. The van der Waals surface area contributed by atoms with Gasteiger partial charge in [0.2, 0.25) is 10.0 Å². The first-order valence-electron chi connectivity index (χ1n) is 6.61. The van der Waals surface area contributed by atoms with Crippen LogP contribution in [0.2, 0.25) is 0 Å². The highest BCUT2D eigenvalue weighted by Gasteiger charge is 2.19. The third kappa shape index (κ3) is 3.68. The minimum absolute atomic E-state index is 0.134. The first-order valence-corrected chi connectivity index (χ1v) is 8.10. The van der Waals surface area contributed by atoms with Crippen LogP contribution in [0.15, 0.2) is 41.3 Å². The second kappa shape index (κ2) is 5.95. The maximum absolute atomic E-state index is 12.8. The molecule has 21 heavy (non-hydrogen) atoms. The van der Waals surface area contributed by atoms with Gasteiger partial charge >= 0.3 is 0 Å². The molecule has 2 aromatic rings. The van der Waals surface area contributed by atoms with E-state index in [-0.39, 0.29) is 12.4 Å². The van der Waals surface area contributed by atoms with Crippen LogP contribution in [0.1, 0.15) is 22.3 Å². The predicted molar refractivity (Wildman–Crippen MR) is 81.1 cm³/mol. The summed E-state index contributed by atoms with van der Waals surface area (Å²) in [5, 5.41) is 0. The summed E-state index contributed by atoms with van der Waals surface area (Å²) in [5.41, 5.74) is 3.18. The Morgan fingerprint density at radius 3 is 2.05 bits per heavy atom. The molecule has 0 spiro atoms.